The lowest BCUT2D eigenvalue weighted by atomic mass is 9.74. The van der Waals surface area contributed by atoms with E-state index in [2.05, 4.69) is 36.5 Å². The number of hydrogen-bond donors (Lipinski definition) is 2. The molecule has 1 aromatic rings. The SMILES string of the molecule is CCc1ccc(C2(CO)CCNCC2)cc1. The Bertz CT molecular complexity index is 325. The van der Waals surface area contributed by atoms with Gasteiger partial charge < -0.3 is 10.4 Å². The molecule has 2 nitrogen and oxygen atoms in total. The molecule has 0 radical (unpaired) electrons. The second-order valence-corrected chi connectivity index (χ2v) is 4.74. The molecule has 0 aromatic heterocycles. The summed E-state index contributed by atoms with van der Waals surface area (Å²) in [5.41, 5.74) is 2.66. The highest BCUT2D eigenvalue weighted by Gasteiger charge is 2.32. The van der Waals surface area contributed by atoms with Crippen LogP contribution in [0.5, 0.6) is 0 Å². The monoisotopic (exact) mass is 219 g/mol. The highest BCUT2D eigenvalue weighted by Crippen LogP contribution is 2.33. The van der Waals surface area contributed by atoms with Crippen LogP contribution in [0.1, 0.15) is 30.9 Å². The molecule has 0 unspecified atom stereocenters. The normalized spacial score (nSPS) is 19.6. The van der Waals surface area contributed by atoms with Crippen LogP contribution in [0.15, 0.2) is 24.3 Å². The standard InChI is InChI=1S/C14H21NO/c1-2-12-3-5-13(6-4-12)14(11-16)7-9-15-10-8-14/h3-6,15-16H,2,7-11H2,1H3. The van der Waals surface area contributed by atoms with Crippen molar-refractivity contribution >= 4 is 0 Å². The maximum absolute atomic E-state index is 9.69. The Hall–Kier alpha value is -0.860. The highest BCUT2D eigenvalue weighted by molar-refractivity contribution is 5.30. The first-order valence-electron chi connectivity index (χ1n) is 6.22. The van der Waals surface area contributed by atoms with Crippen LogP contribution in [0.2, 0.25) is 0 Å². The fourth-order valence-corrected chi connectivity index (χ4v) is 2.54. The van der Waals surface area contributed by atoms with E-state index in [1.165, 1.54) is 11.1 Å². The number of piperidine rings is 1. The molecule has 0 spiro atoms. The molecule has 1 aliphatic rings. The van der Waals surface area contributed by atoms with E-state index in [0.29, 0.717) is 0 Å². The van der Waals surface area contributed by atoms with Crippen LogP contribution in [0.25, 0.3) is 0 Å². The molecule has 2 rings (SSSR count). The minimum atomic E-state index is -0.00246. The van der Waals surface area contributed by atoms with Gasteiger partial charge >= 0.3 is 0 Å². The molecule has 0 atom stereocenters. The second kappa shape index (κ2) is 4.98. The smallest absolute Gasteiger partial charge is 0.0528 e. The zero-order valence-corrected chi connectivity index (χ0v) is 10.00. The average molecular weight is 219 g/mol. The van der Waals surface area contributed by atoms with Gasteiger partial charge in [0.1, 0.15) is 0 Å². The number of rotatable bonds is 3. The first-order chi connectivity index (χ1) is 7.80. The summed E-state index contributed by atoms with van der Waals surface area (Å²) in [6, 6.07) is 8.77. The molecule has 0 bridgehead atoms. The molecule has 2 heteroatoms. The Morgan fingerprint density at radius 1 is 1.19 bits per heavy atom. The summed E-state index contributed by atoms with van der Waals surface area (Å²) in [4.78, 5) is 0. The van der Waals surface area contributed by atoms with Crippen molar-refractivity contribution in [1.29, 1.82) is 0 Å². The lowest BCUT2D eigenvalue weighted by Gasteiger charge is -2.36. The van der Waals surface area contributed by atoms with Crippen molar-refractivity contribution in [1.82, 2.24) is 5.32 Å². The quantitative estimate of drug-likeness (QED) is 0.813. The number of benzene rings is 1. The fourth-order valence-electron chi connectivity index (χ4n) is 2.54. The van der Waals surface area contributed by atoms with Crippen molar-refractivity contribution in [3.8, 4) is 0 Å². The average Bonchev–Trinajstić information content (AvgIpc) is 2.39. The summed E-state index contributed by atoms with van der Waals surface area (Å²) in [7, 11) is 0. The third-order valence-corrected chi connectivity index (χ3v) is 3.84. The third-order valence-electron chi connectivity index (χ3n) is 3.84. The maximum atomic E-state index is 9.69. The van der Waals surface area contributed by atoms with Crippen LogP contribution in [-0.4, -0.2) is 24.8 Å². The molecule has 1 aromatic carbocycles. The third kappa shape index (κ3) is 2.13. The predicted molar refractivity (Wildman–Crippen MR) is 66.7 cm³/mol. The number of aliphatic hydroxyl groups excluding tert-OH is 1. The molecule has 1 heterocycles. The molecule has 2 N–H and O–H groups in total. The Kier molecular flexibility index (Phi) is 3.62. The lowest BCUT2D eigenvalue weighted by molar-refractivity contribution is 0.158. The van der Waals surface area contributed by atoms with Crippen molar-refractivity contribution in [2.24, 2.45) is 0 Å². The number of nitrogens with one attached hydrogen (secondary N) is 1. The lowest BCUT2D eigenvalue weighted by Crippen LogP contribution is -2.42. The van der Waals surface area contributed by atoms with Crippen molar-refractivity contribution in [3.05, 3.63) is 35.4 Å². The summed E-state index contributed by atoms with van der Waals surface area (Å²) < 4.78 is 0. The second-order valence-electron chi connectivity index (χ2n) is 4.74. The van der Waals surface area contributed by atoms with E-state index < -0.39 is 0 Å². The van der Waals surface area contributed by atoms with Gasteiger partial charge in [0.05, 0.1) is 6.61 Å². The van der Waals surface area contributed by atoms with Crippen LogP contribution in [0, 0.1) is 0 Å². The van der Waals surface area contributed by atoms with Gasteiger partial charge in [-0.25, -0.2) is 0 Å². The van der Waals surface area contributed by atoms with Gasteiger partial charge in [0.2, 0.25) is 0 Å². The molecule has 1 aliphatic heterocycles. The topological polar surface area (TPSA) is 32.3 Å². The van der Waals surface area contributed by atoms with Gasteiger partial charge in [0, 0.05) is 5.41 Å². The minimum Gasteiger partial charge on any atom is -0.395 e. The van der Waals surface area contributed by atoms with Gasteiger partial charge in [-0.05, 0) is 43.5 Å². The zero-order valence-electron chi connectivity index (χ0n) is 10.00. The highest BCUT2D eigenvalue weighted by atomic mass is 16.3. The van der Waals surface area contributed by atoms with Crippen molar-refractivity contribution < 1.29 is 5.11 Å². The molecule has 0 aliphatic carbocycles. The molecular weight excluding hydrogens is 198 g/mol. The number of aryl methyl sites for hydroxylation is 1. The van der Waals surface area contributed by atoms with Gasteiger partial charge in [-0.1, -0.05) is 31.2 Å². The van der Waals surface area contributed by atoms with Crippen LogP contribution in [-0.2, 0) is 11.8 Å². The Labute approximate surface area is 97.7 Å². The Morgan fingerprint density at radius 3 is 2.31 bits per heavy atom. The van der Waals surface area contributed by atoms with E-state index in [4.69, 9.17) is 0 Å². The number of hydrogen-bond acceptors (Lipinski definition) is 2. The summed E-state index contributed by atoms with van der Waals surface area (Å²) in [5.74, 6) is 0. The van der Waals surface area contributed by atoms with Crippen LogP contribution in [0.3, 0.4) is 0 Å². The van der Waals surface area contributed by atoms with E-state index in [-0.39, 0.29) is 12.0 Å². The van der Waals surface area contributed by atoms with E-state index in [0.717, 1.165) is 32.4 Å². The summed E-state index contributed by atoms with van der Waals surface area (Å²) >= 11 is 0. The fraction of sp³-hybridized carbons (Fsp3) is 0.571. The molecule has 88 valence electrons. The van der Waals surface area contributed by atoms with Gasteiger partial charge in [-0.2, -0.15) is 0 Å². The molecular formula is C14H21NO. The largest absolute Gasteiger partial charge is 0.395 e. The number of aliphatic hydroxyl groups is 1. The van der Waals surface area contributed by atoms with E-state index >= 15 is 0 Å². The first-order valence-corrected chi connectivity index (χ1v) is 6.22. The predicted octanol–water partition coefficient (Wildman–Crippen LogP) is 1.86. The van der Waals surface area contributed by atoms with Gasteiger partial charge in [-0.15, -0.1) is 0 Å². The molecule has 16 heavy (non-hydrogen) atoms. The summed E-state index contributed by atoms with van der Waals surface area (Å²) in [6.07, 6.45) is 3.15. The van der Waals surface area contributed by atoms with Crippen molar-refractivity contribution in [3.63, 3.8) is 0 Å². The Morgan fingerprint density at radius 2 is 1.81 bits per heavy atom. The summed E-state index contributed by atoms with van der Waals surface area (Å²) in [6.45, 7) is 4.45. The summed E-state index contributed by atoms with van der Waals surface area (Å²) in [5, 5.41) is 13.0. The van der Waals surface area contributed by atoms with E-state index in [9.17, 15) is 5.11 Å². The minimum absolute atomic E-state index is 0.00246. The van der Waals surface area contributed by atoms with E-state index in [1.807, 2.05) is 0 Å². The van der Waals surface area contributed by atoms with Crippen LogP contribution in [0.4, 0.5) is 0 Å². The van der Waals surface area contributed by atoms with Crippen LogP contribution >= 0.6 is 0 Å². The molecule has 0 saturated carbocycles. The van der Waals surface area contributed by atoms with Crippen LogP contribution < -0.4 is 5.32 Å². The first kappa shape index (κ1) is 11.6. The van der Waals surface area contributed by atoms with Gasteiger partial charge in [0.15, 0.2) is 0 Å². The molecule has 1 fully saturated rings. The van der Waals surface area contributed by atoms with Crippen molar-refractivity contribution in [2.75, 3.05) is 19.7 Å². The van der Waals surface area contributed by atoms with Crippen molar-refractivity contribution in [2.45, 2.75) is 31.6 Å². The van der Waals surface area contributed by atoms with E-state index in [1.54, 1.807) is 0 Å². The molecule has 0 amide bonds. The van der Waals surface area contributed by atoms with Gasteiger partial charge in [-0.3, -0.25) is 0 Å². The zero-order chi connectivity index (χ0) is 11.4. The molecule has 1 saturated heterocycles. The Balaban J connectivity index is 2.24. The maximum Gasteiger partial charge on any atom is 0.0528 e. The van der Waals surface area contributed by atoms with Gasteiger partial charge in [0.25, 0.3) is 0 Å².